The van der Waals surface area contributed by atoms with E-state index in [0.29, 0.717) is 0 Å². The van der Waals surface area contributed by atoms with E-state index in [2.05, 4.69) is 14.3 Å². The molecule has 0 unspecified atom stereocenters. The lowest BCUT2D eigenvalue weighted by atomic mass is 10.7. The normalized spacial score (nSPS) is 8.00. The van der Waals surface area contributed by atoms with Crippen molar-refractivity contribution < 1.29 is 14.3 Å². The van der Waals surface area contributed by atoms with Crippen LogP contribution in [0.4, 0.5) is 0 Å². The van der Waals surface area contributed by atoms with Crippen LogP contribution in [0, 0.1) is 6.57 Å². The molecule has 0 N–H and O–H groups in total. The first-order valence-corrected chi connectivity index (χ1v) is 2.29. The molecule has 0 bridgehead atoms. The summed E-state index contributed by atoms with van der Waals surface area (Å²) in [6.07, 6.45) is 0. The summed E-state index contributed by atoms with van der Waals surface area (Å²) in [5, 5.41) is 0. The Bertz CT molecular complexity index is 127. The molecule has 0 atom stereocenters. The maximum atomic E-state index is 10.2. The summed E-state index contributed by atoms with van der Waals surface area (Å²) >= 11 is 0. The number of hydrogen-bond acceptors (Lipinski definition) is 3. The fourth-order valence-corrected chi connectivity index (χ4v) is 0.234. The Morgan fingerprint density at radius 1 is 1.78 bits per heavy atom. The quantitative estimate of drug-likeness (QED) is 0.307. The zero-order valence-corrected chi connectivity index (χ0v) is 5.09. The minimum absolute atomic E-state index is 0.0882. The molecule has 0 aromatic heterocycles. The first-order valence-electron chi connectivity index (χ1n) is 2.29. The van der Waals surface area contributed by atoms with Gasteiger partial charge < -0.3 is 9.47 Å². The van der Waals surface area contributed by atoms with Gasteiger partial charge in [0.25, 0.3) is 0 Å². The number of esters is 1. The van der Waals surface area contributed by atoms with Gasteiger partial charge in [0, 0.05) is 0 Å². The first-order chi connectivity index (χ1) is 4.31. The van der Waals surface area contributed by atoms with Crippen LogP contribution in [-0.4, -0.2) is 26.4 Å². The van der Waals surface area contributed by atoms with E-state index in [1.807, 2.05) is 0 Å². The minimum atomic E-state index is -0.460. The molecule has 0 aliphatic rings. The zero-order chi connectivity index (χ0) is 7.11. The van der Waals surface area contributed by atoms with Gasteiger partial charge in [-0.3, -0.25) is 4.85 Å². The number of carbonyl (C=O) groups excluding carboxylic acids is 1. The molecule has 9 heavy (non-hydrogen) atoms. The Balaban J connectivity index is 3.09. The molecule has 0 rings (SSSR count). The molecule has 0 saturated heterocycles. The summed E-state index contributed by atoms with van der Waals surface area (Å²) in [6, 6.07) is 0. The number of methoxy groups -OCH3 is 1. The third-order valence-corrected chi connectivity index (χ3v) is 0.603. The van der Waals surface area contributed by atoms with Crippen LogP contribution in [-0.2, 0) is 14.3 Å². The summed E-state index contributed by atoms with van der Waals surface area (Å²) < 4.78 is 8.74. The van der Waals surface area contributed by atoms with Crippen molar-refractivity contribution in [2.24, 2.45) is 0 Å². The Morgan fingerprint density at radius 3 is 2.89 bits per heavy atom. The van der Waals surface area contributed by atoms with Crippen LogP contribution in [0.2, 0.25) is 0 Å². The Hall–Kier alpha value is -1.08. The van der Waals surface area contributed by atoms with Crippen LogP contribution < -0.4 is 0 Å². The van der Waals surface area contributed by atoms with Crippen molar-refractivity contribution in [2.75, 3.05) is 20.4 Å². The van der Waals surface area contributed by atoms with Gasteiger partial charge in [-0.25, -0.2) is 11.4 Å². The second kappa shape index (κ2) is 5.06. The summed E-state index contributed by atoms with van der Waals surface area (Å²) in [4.78, 5) is 13.1. The SMILES string of the molecule is [C-]#[N+]COCC(=O)OC. The third-order valence-electron chi connectivity index (χ3n) is 0.603. The van der Waals surface area contributed by atoms with E-state index in [4.69, 9.17) is 6.57 Å². The summed E-state index contributed by atoms with van der Waals surface area (Å²) in [5.41, 5.74) is 0. The van der Waals surface area contributed by atoms with Crippen molar-refractivity contribution in [2.45, 2.75) is 0 Å². The summed E-state index contributed by atoms with van der Waals surface area (Å²) in [6.45, 7) is 6.02. The van der Waals surface area contributed by atoms with Crippen LogP contribution >= 0.6 is 0 Å². The molecule has 4 nitrogen and oxygen atoms in total. The molecule has 50 valence electrons. The molecular formula is C5H7NO3. The van der Waals surface area contributed by atoms with Gasteiger partial charge in [-0.05, 0) is 0 Å². The van der Waals surface area contributed by atoms with Crippen molar-refractivity contribution in [3.05, 3.63) is 11.4 Å². The molecule has 0 aromatic rings. The lowest BCUT2D eigenvalue weighted by Crippen LogP contribution is -2.09. The topological polar surface area (TPSA) is 39.9 Å². The predicted molar refractivity (Wildman–Crippen MR) is 29.4 cm³/mol. The van der Waals surface area contributed by atoms with Crippen molar-refractivity contribution in [1.29, 1.82) is 0 Å². The average molecular weight is 129 g/mol. The van der Waals surface area contributed by atoms with Gasteiger partial charge in [-0.15, -0.1) is 0 Å². The highest BCUT2D eigenvalue weighted by Crippen LogP contribution is 1.77. The Kier molecular flexibility index (Phi) is 4.46. The molecule has 0 fully saturated rings. The lowest BCUT2D eigenvalue weighted by molar-refractivity contribution is -0.145. The van der Waals surface area contributed by atoms with Crippen molar-refractivity contribution in [3.8, 4) is 0 Å². The average Bonchev–Trinajstić information content (AvgIpc) is 1.89. The van der Waals surface area contributed by atoms with Crippen LogP contribution in [0.25, 0.3) is 4.85 Å². The van der Waals surface area contributed by atoms with Crippen molar-refractivity contribution >= 4 is 5.97 Å². The van der Waals surface area contributed by atoms with Crippen LogP contribution in [0.1, 0.15) is 0 Å². The maximum Gasteiger partial charge on any atom is 0.332 e. The molecular weight excluding hydrogens is 122 g/mol. The Labute approximate surface area is 53.2 Å². The van der Waals surface area contributed by atoms with E-state index < -0.39 is 5.97 Å². The highest BCUT2D eigenvalue weighted by molar-refractivity contribution is 5.70. The van der Waals surface area contributed by atoms with Gasteiger partial charge in [-0.1, -0.05) is 0 Å². The monoisotopic (exact) mass is 129 g/mol. The van der Waals surface area contributed by atoms with E-state index in [9.17, 15) is 4.79 Å². The number of rotatable bonds is 3. The molecule has 0 amide bonds. The molecule has 0 saturated carbocycles. The number of carbonyl (C=O) groups is 1. The largest absolute Gasteiger partial charge is 0.467 e. The molecule has 4 heteroatoms. The van der Waals surface area contributed by atoms with E-state index in [-0.39, 0.29) is 13.3 Å². The van der Waals surface area contributed by atoms with Crippen molar-refractivity contribution in [3.63, 3.8) is 0 Å². The highest BCUT2D eigenvalue weighted by Gasteiger charge is 1.98. The highest BCUT2D eigenvalue weighted by atomic mass is 16.6. The van der Waals surface area contributed by atoms with Gasteiger partial charge in [0.1, 0.15) is 0 Å². The predicted octanol–water partition coefficient (Wildman–Crippen LogP) is 0.0528. The van der Waals surface area contributed by atoms with E-state index in [1.165, 1.54) is 7.11 Å². The minimum Gasteiger partial charge on any atom is -0.467 e. The van der Waals surface area contributed by atoms with E-state index in [1.54, 1.807) is 0 Å². The molecule has 0 spiro atoms. The first kappa shape index (κ1) is 7.92. The third kappa shape index (κ3) is 4.78. The van der Waals surface area contributed by atoms with E-state index >= 15 is 0 Å². The molecule has 0 aliphatic carbocycles. The van der Waals surface area contributed by atoms with Crippen molar-refractivity contribution in [1.82, 2.24) is 0 Å². The number of hydrogen-bond donors (Lipinski definition) is 0. The zero-order valence-electron chi connectivity index (χ0n) is 5.09. The van der Waals surface area contributed by atoms with Gasteiger partial charge in [-0.2, -0.15) is 0 Å². The van der Waals surface area contributed by atoms with Gasteiger partial charge in [0.05, 0.1) is 7.11 Å². The van der Waals surface area contributed by atoms with Gasteiger partial charge >= 0.3 is 12.7 Å². The molecule has 0 aliphatic heterocycles. The smallest absolute Gasteiger partial charge is 0.332 e. The summed E-state index contributed by atoms with van der Waals surface area (Å²) in [7, 11) is 1.27. The summed E-state index contributed by atoms with van der Waals surface area (Å²) in [5.74, 6) is -0.460. The van der Waals surface area contributed by atoms with Gasteiger partial charge in [0.2, 0.25) is 0 Å². The number of ether oxygens (including phenoxy) is 2. The fraction of sp³-hybridized carbons (Fsp3) is 0.600. The second-order valence-electron chi connectivity index (χ2n) is 1.21. The van der Waals surface area contributed by atoms with Crippen LogP contribution in [0.5, 0.6) is 0 Å². The fourth-order valence-electron chi connectivity index (χ4n) is 0.234. The van der Waals surface area contributed by atoms with Crippen LogP contribution in [0.15, 0.2) is 0 Å². The number of nitrogens with zero attached hydrogens (tertiary/aromatic N) is 1. The standard InChI is InChI=1S/C5H7NO3/c1-6-4-9-3-5(7)8-2/h3-4H2,2H3. The van der Waals surface area contributed by atoms with Gasteiger partial charge in [0.15, 0.2) is 6.61 Å². The van der Waals surface area contributed by atoms with E-state index in [0.717, 1.165) is 0 Å². The molecule has 0 heterocycles. The Morgan fingerprint density at radius 2 is 2.44 bits per heavy atom. The van der Waals surface area contributed by atoms with Crippen LogP contribution in [0.3, 0.4) is 0 Å². The lowest BCUT2D eigenvalue weighted by Gasteiger charge is -1.93. The maximum absolute atomic E-state index is 10.2. The molecule has 0 aromatic carbocycles. The molecule has 0 radical (unpaired) electrons. The second-order valence-corrected chi connectivity index (χ2v) is 1.21.